The molecule has 0 bridgehead atoms. The summed E-state index contributed by atoms with van der Waals surface area (Å²) in [5, 5.41) is 9.65. The van der Waals surface area contributed by atoms with Crippen LogP contribution >= 0.6 is 27.5 Å². The molecule has 0 unspecified atom stereocenters. The largest absolute Gasteiger partial charge is 0.494 e. The van der Waals surface area contributed by atoms with E-state index >= 15 is 0 Å². The molecule has 0 aliphatic carbocycles. The topological polar surface area (TPSA) is 92.2 Å². The lowest BCUT2D eigenvalue weighted by Gasteiger charge is -2.29. The Hall–Kier alpha value is -3.17. The van der Waals surface area contributed by atoms with Gasteiger partial charge in [-0.2, -0.15) is 0 Å². The van der Waals surface area contributed by atoms with E-state index in [1.807, 2.05) is 72.8 Å². The van der Waals surface area contributed by atoms with Gasteiger partial charge in [0.05, 0.1) is 6.61 Å². The Morgan fingerprint density at radius 2 is 1.85 bits per heavy atom. The van der Waals surface area contributed by atoms with E-state index in [1.54, 1.807) is 6.08 Å². The first kappa shape index (κ1) is 28.8. The number of hydrogen-bond donors (Lipinski definition) is 3. The van der Waals surface area contributed by atoms with Crippen LogP contribution in [-0.2, 0) is 16.0 Å². The van der Waals surface area contributed by atoms with Crippen molar-refractivity contribution in [2.75, 3.05) is 19.8 Å². The van der Waals surface area contributed by atoms with Crippen LogP contribution < -0.4 is 15.6 Å². The summed E-state index contributed by atoms with van der Waals surface area (Å²) in [6, 6.07) is 22.6. The van der Waals surface area contributed by atoms with E-state index < -0.39 is 11.6 Å². The van der Waals surface area contributed by atoms with Crippen molar-refractivity contribution in [3.8, 4) is 5.75 Å². The first-order valence-corrected chi connectivity index (χ1v) is 13.9. The number of nitrogens with zero attached hydrogens (tertiary/aromatic N) is 1. The number of amides is 1. The molecular formula is C30H31BrClN3O4. The Morgan fingerprint density at radius 1 is 1.13 bits per heavy atom. The van der Waals surface area contributed by atoms with Crippen LogP contribution in [0.1, 0.15) is 35.6 Å². The van der Waals surface area contributed by atoms with Gasteiger partial charge in [0.2, 0.25) is 5.90 Å². The van der Waals surface area contributed by atoms with Crippen molar-refractivity contribution in [3.63, 3.8) is 0 Å². The Balaban J connectivity index is 1.56. The Labute approximate surface area is 242 Å². The molecule has 4 rings (SSSR count). The van der Waals surface area contributed by atoms with Gasteiger partial charge in [-0.3, -0.25) is 10.2 Å². The maximum Gasteiger partial charge on any atom is 0.266 e. The molecule has 3 aromatic carbocycles. The first-order chi connectivity index (χ1) is 18.9. The summed E-state index contributed by atoms with van der Waals surface area (Å²) in [6.07, 6.45) is 2.55. The monoisotopic (exact) mass is 611 g/mol. The average Bonchev–Trinajstić information content (AvgIpc) is 3.33. The molecule has 1 heterocycles. The number of aliphatic imine (C=N–C) groups is 1. The van der Waals surface area contributed by atoms with Gasteiger partial charge in [-0.15, -0.1) is 6.58 Å². The van der Waals surface area contributed by atoms with Crippen molar-refractivity contribution in [2.24, 2.45) is 4.99 Å². The number of nitrogens with one attached hydrogen (secondary N) is 2. The van der Waals surface area contributed by atoms with Gasteiger partial charge >= 0.3 is 0 Å². The number of halogens is 2. The Morgan fingerprint density at radius 3 is 2.51 bits per heavy atom. The highest BCUT2D eigenvalue weighted by atomic mass is 79.9. The number of benzene rings is 3. The molecule has 7 nitrogen and oxygen atoms in total. The van der Waals surface area contributed by atoms with Crippen LogP contribution in [0.3, 0.4) is 0 Å². The van der Waals surface area contributed by atoms with Crippen LogP contribution in [0.25, 0.3) is 0 Å². The van der Waals surface area contributed by atoms with Gasteiger partial charge in [-0.1, -0.05) is 57.9 Å². The van der Waals surface area contributed by atoms with Gasteiger partial charge in [0.25, 0.3) is 5.91 Å². The van der Waals surface area contributed by atoms with E-state index in [2.05, 4.69) is 33.4 Å². The lowest BCUT2D eigenvalue weighted by Crippen LogP contribution is -2.52. The Bertz CT molecular complexity index is 1280. The summed E-state index contributed by atoms with van der Waals surface area (Å²) in [5.41, 5.74) is 7.27. The summed E-state index contributed by atoms with van der Waals surface area (Å²) in [4.78, 5) is 18.6. The molecule has 9 heteroatoms. The van der Waals surface area contributed by atoms with Crippen LogP contribution in [0.15, 0.2) is 94.9 Å². The van der Waals surface area contributed by atoms with Crippen molar-refractivity contribution in [2.45, 2.75) is 30.9 Å². The molecule has 0 fully saturated rings. The molecule has 39 heavy (non-hydrogen) atoms. The highest BCUT2D eigenvalue weighted by Gasteiger charge is 2.52. The minimum Gasteiger partial charge on any atom is -0.494 e. The van der Waals surface area contributed by atoms with Crippen molar-refractivity contribution in [3.05, 3.63) is 112 Å². The quantitative estimate of drug-likeness (QED) is 0.134. The lowest BCUT2D eigenvalue weighted by atomic mass is 9.84. The summed E-state index contributed by atoms with van der Waals surface area (Å²) >= 11 is 9.45. The number of aliphatic hydroxyl groups excluding tert-OH is 1. The van der Waals surface area contributed by atoms with Gasteiger partial charge in [0.1, 0.15) is 5.75 Å². The van der Waals surface area contributed by atoms with Crippen molar-refractivity contribution >= 4 is 39.3 Å². The summed E-state index contributed by atoms with van der Waals surface area (Å²) in [7, 11) is 0. The van der Waals surface area contributed by atoms with Gasteiger partial charge < -0.3 is 14.6 Å². The van der Waals surface area contributed by atoms with Crippen LogP contribution in [0, 0.1) is 0 Å². The van der Waals surface area contributed by atoms with E-state index in [0.717, 1.165) is 21.2 Å². The molecule has 0 aromatic heterocycles. The zero-order chi connectivity index (χ0) is 27.7. The highest BCUT2D eigenvalue weighted by Crippen LogP contribution is 2.43. The molecular weight excluding hydrogens is 582 g/mol. The molecule has 0 saturated heterocycles. The standard InChI is InChI=1S/C30H31BrClN3O4/c1-2-17-30(29(37)35-33-18-16-21-4-12-25(32)13-5-21)27(22-6-10-24(31)11-7-22)39-28(34-30)23-8-14-26(15-9-23)38-20-3-19-36/h2,4-15,27,33,36H,1,3,16-20H2,(H,35,37)/t27-,30-/m0/s1. The lowest BCUT2D eigenvalue weighted by molar-refractivity contribution is -0.129. The zero-order valence-electron chi connectivity index (χ0n) is 21.4. The first-order valence-electron chi connectivity index (χ1n) is 12.7. The molecule has 204 valence electrons. The highest BCUT2D eigenvalue weighted by molar-refractivity contribution is 9.10. The molecule has 3 aromatic rings. The van der Waals surface area contributed by atoms with Crippen LogP contribution in [-0.4, -0.2) is 42.2 Å². The fourth-order valence-electron chi connectivity index (χ4n) is 4.28. The van der Waals surface area contributed by atoms with Crippen molar-refractivity contribution < 1.29 is 19.4 Å². The van der Waals surface area contributed by atoms with Crippen LogP contribution in [0.4, 0.5) is 0 Å². The SMILES string of the molecule is C=CC[C@]1(C(=O)NNCCc2ccc(Cl)cc2)N=C(c2ccc(OCCCO)cc2)O[C@H]1c1ccc(Br)cc1. The number of ether oxygens (including phenoxy) is 2. The summed E-state index contributed by atoms with van der Waals surface area (Å²) in [6.45, 7) is 4.92. The fourth-order valence-corrected chi connectivity index (χ4v) is 4.67. The number of aliphatic hydroxyl groups is 1. The van der Waals surface area contributed by atoms with Crippen LogP contribution in [0.2, 0.25) is 5.02 Å². The van der Waals surface area contributed by atoms with E-state index in [0.29, 0.717) is 42.7 Å². The van der Waals surface area contributed by atoms with E-state index in [1.165, 1.54) is 0 Å². The minimum atomic E-state index is -1.27. The fraction of sp³-hybridized carbons (Fsp3) is 0.267. The Kier molecular flexibility index (Phi) is 10.2. The predicted octanol–water partition coefficient (Wildman–Crippen LogP) is 5.56. The number of carbonyl (C=O) groups excluding carboxylic acids is 1. The zero-order valence-corrected chi connectivity index (χ0v) is 23.7. The summed E-state index contributed by atoms with van der Waals surface area (Å²) < 4.78 is 13.0. The second-order valence-corrected chi connectivity index (χ2v) is 10.4. The third-order valence-electron chi connectivity index (χ3n) is 6.31. The number of hydrazine groups is 1. The van der Waals surface area contributed by atoms with Crippen LogP contribution in [0.5, 0.6) is 5.75 Å². The average molecular weight is 613 g/mol. The molecule has 0 saturated carbocycles. The molecule has 1 aliphatic rings. The van der Waals surface area contributed by atoms with E-state index in [-0.39, 0.29) is 18.9 Å². The summed E-state index contributed by atoms with van der Waals surface area (Å²) in [5.74, 6) is 0.726. The molecule has 1 aliphatic heterocycles. The van der Waals surface area contributed by atoms with Crippen molar-refractivity contribution in [1.29, 1.82) is 0 Å². The van der Waals surface area contributed by atoms with Gasteiger partial charge in [-0.05, 0) is 66.1 Å². The number of rotatable bonds is 13. The molecule has 1 amide bonds. The van der Waals surface area contributed by atoms with Gasteiger partial charge in [-0.25, -0.2) is 10.4 Å². The number of carbonyl (C=O) groups is 1. The maximum atomic E-state index is 13.8. The number of hydrogen-bond acceptors (Lipinski definition) is 6. The van der Waals surface area contributed by atoms with Crippen molar-refractivity contribution in [1.82, 2.24) is 10.9 Å². The molecule has 0 radical (unpaired) electrons. The van der Waals surface area contributed by atoms with Gasteiger partial charge in [0, 0.05) is 41.1 Å². The predicted molar refractivity (Wildman–Crippen MR) is 157 cm³/mol. The van der Waals surface area contributed by atoms with Gasteiger partial charge in [0.15, 0.2) is 11.6 Å². The smallest absolute Gasteiger partial charge is 0.266 e. The minimum absolute atomic E-state index is 0.0730. The second-order valence-electron chi connectivity index (χ2n) is 9.09. The molecule has 0 spiro atoms. The van der Waals surface area contributed by atoms with E-state index in [4.69, 9.17) is 31.2 Å². The molecule has 2 atom stereocenters. The molecule has 3 N–H and O–H groups in total. The second kappa shape index (κ2) is 13.8. The maximum absolute atomic E-state index is 13.8. The normalized spacial score (nSPS) is 18.2. The third-order valence-corrected chi connectivity index (χ3v) is 7.09. The third kappa shape index (κ3) is 7.28. The van der Waals surface area contributed by atoms with E-state index in [9.17, 15) is 4.79 Å².